The van der Waals surface area contributed by atoms with Crippen molar-refractivity contribution in [1.29, 1.82) is 0 Å². The largest absolute Gasteiger partial charge is 0.441 e. The molecular weight excluding hydrogens is 528 g/mol. The molecular formula is C29H33N6O2S2+. The van der Waals surface area contributed by atoms with Crippen LogP contribution >= 0.6 is 23.1 Å². The van der Waals surface area contributed by atoms with Crippen LogP contribution in [0.3, 0.4) is 0 Å². The number of thioether (sulfide) groups is 1. The number of dihydropyridines is 1. The average molecular weight is 562 g/mol. The van der Waals surface area contributed by atoms with Crippen LogP contribution in [0.5, 0.6) is 0 Å². The highest BCUT2D eigenvalue weighted by Gasteiger charge is 2.24. The van der Waals surface area contributed by atoms with E-state index in [1.165, 1.54) is 21.5 Å². The number of hydrogen-bond donors (Lipinski definition) is 2. The SMILES string of the molecule is C=C1C=C(c2cc(-c3cc(CN4CCSCC4)ccn3)c3sc([N+](=C)C(=O)NCC)nc3c2)C=NC1C(C)O. The van der Waals surface area contributed by atoms with Crippen LogP contribution in [-0.4, -0.2) is 86.8 Å². The number of fused-ring (bicyclic) bond motifs is 1. The number of benzene rings is 1. The van der Waals surface area contributed by atoms with Crippen molar-refractivity contribution in [1.82, 2.24) is 20.2 Å². The van der Waals surface area contributed by atoms with Crippen LogP contribution in [0.15, 0.2) is 53.7 Å². The van der Waals surface area contributed by atoms with Gasteiger partial charge in [-0.05, 0) is 60.9 Å². The van der Waals surface area contributed by atoms with Gasteiger partial charge in [0.25, 0.3) is 0 Å². The summed E-state index contributed by atoms with van der Waals surface area (Å²) in [7, 11) is 0. The van der Waals surface area contributed by atoms with E-state index < -0.39 is 6.10 Å². The lowest BCUT2D eigenvalue weighted by atomic mass is 9.94. The third kappa shape index (κ3) is 6.04. The minimum atomic E-state index is -0.617. The summed E-state index contributed by atoms with van der Waals surface area (Å²) in [5.74, 6) is 2.32. The molecule has 2 aliphatic rings. The van der Waals surface area contributed by atoms with E-state index >= 15 is 0 Å². The summed E-state index contributed by atoms with van der Waals surface area (Å²) in [6, 6.07) is 7.66. The van der Waals surface area contributed by atoms with Crippen LogP contribution in [0.2, 0.25) is 0 Å². The zero-order valence-corrected chi connectivity index (χ0v) is 23.9. The molecule has 4 heterocycles. The van der Waals surface area contributed by atoms with Crippen molar-refractivity contribution in [2.75, 3.05) is 31.1 Å². The van der Waals surface area contributed by atoms with Gasteiger partial charge in [-0.2, -0.15) is 16.3 Å². The molecule has 0 spiro atoms. The van der Waals surface area contributed by atoms with Gasteiger partial charge in [-0.15, -0.1) is 0 Å². The molecule has 2 unspecified atom stereocenters. The zero-order chi connectivity index (χ0) is 27.5. The third-order valence-corrected chi connectivity index (χ3v) is 8.85. The number of urea groups is 1. The molecule has 2 aromatic heterocycles. The van der Waals surface area contributed by atoms with E-state index in [0.29, 0.717) is 11.7 Å². The monoisotopic (exact) mass is 561 g/mol. The molecule has 2 amide bonds. The number of nitrogens with one attached hydrogen (secondary N) is 1. The van der Waals surface area contributed by atoms with Crippen LogP contribution in [0, 0.1) is 0 Å². The Morgan fingerprint density at radius 2 is 2.10 bits per heavy atom. The van der Waals surface area contributed by atoms with Gasteiger partial charge in [0.1, 0.15) is 0 Å². The topological polar surface area (TPSA) is 93.7 Å². The van der Waals surface area contributed by atoms with Gasteiger partial charge < -0.3 is 5.11 Å². The first kappa shape index (κ1) is 27.4. The summed E-state index contributed by atoms with van der Waals surface area (Å²) >= 11 is 3.42. The van der Waals surface area contributed by atoms with Crippen molar-refractivity contribution < 1.29 is 14.5 Å². The summed E-state index contributed by atoms with van der Waals surface area (Å²) in [5.41, 5.74) is 6.29. The Bertz CT molecular complexity index is 1490. The molecule has 1 saturated heterocycles. The lowest BCUT2D eigenvalue weighted by Gasteiger charge is -2.26. The molecule has 0 saturated carbocycles. The van der Waals surface area contributed by atoms with E-state index in [1.807, 2.05) is 37.0 Å². The van der Waals surface area contributed by atoms with E-state index in [0.717, 1.165) is 69.3 Å². The maximum Gasteiger partial charge on any atom is 0.441 e. The molecule has 202 valence electrons. The first-order valence-corrected chi connectivity index (χ1v) is 15.0. The van der Waals surface area contributed by atoms with E-state index in [9.17, 15) is 9.90 Å². The fraction of sp³-hybridized carbons (Fsp3) is 0.345. The van der Waals surface area contributed by atoms with Crippen LogP contribution in [-0.2, 0) is 6.54 Å². The molecule has 0 radical (unpaired) electrons. The number of aromatic nitrogens is 2. The van der Waals surface area contributed by atoms with Gasteiger partial charge >= 0.3 is 11.2 Å². The minimum absolute atomic E-state index is 0.305. The van der Waals surface area contributed by atoms with Gasteiger partial charge in [0, 0.05) is 61.4 Å². The molecule has 1 fully saturated rings. The van der Waals surface area contributed by atoms with Crippen molar-refractivity contribution in [3.63, 3.8) is 0 Å². The number of aliphatic hydroxyl groups is 1. The van der Waals surface area contributed by atoms with Crippen LogP contribution in [0.25, 0.3) is 27.0 Å². The van der Waals surface area contributed by atoms with Crippen LogP contribution in [0.1, 0.15) is 25.0 Å². The summed E-state index contributed by atoms with van der Waals surface area (Å²) in [4.78, 5) is 29.1. The predicted molar refractivity (Wildman–Crippen MR) is 163 cm³/mol. The summed E-state index contributed by atoms with van der Waals surface area (Å²) in [5, 5.41) is 13.3. The molecule has 2 aliphatic heterocycles. The smallest absolute Gasteiger partial charge is 0.391 e. The van der Waals surface area contributed by atoms with Crippen molar-refractivity contribution in [2.24, 2.45) is 4.99 Å². The standard InChI is InChI=1S/C29H32N6O2S2/c1-5-30-28(37)34(4)29-33-25-15-21(22-12-18(2)26(19(3)36)32-16-22)14-23(27(25)39-29)24-13-20(6-7-31-24)17-35-8-10-38-11-9-35/h6-7,12-16,19,26,36H,2,4-5,8-11,17H2,1,3H3/p+1. The molecule has 10 heteroatoms. The Labute approximate surface area is 236 Å². The lowest BCUT2D eigenvalue weighted by Crippen LogP contribution is -2.31. The number of aliphatic imine (C=N–C) groups is 1. The lowest BCUT2D eigenvalue weighted by molar-refractivity contribution is -0.322. The molecule has 3 aromatic rings. The van der Waals surface area contributed by atoms with E-state index in [2.05, 4.69) is 46.7 Å². The Hall–Kier alpha value is -3.18. The number of nitrogens with zero attached hydrogens (tertiary/aromatic N) is 5. The second-order valence-corrected chi connectivity index (χ2v) is 11.9. The second-order valence-electron chi connectivity index (χ2n) is 9.71. The predicted octanol–water partition coefficient (Wildman–Crippen LogP) is 4.75. The zero-order valence-electron chi connectivity index (χ0n) is 22.3. The molecule has 1 aromatic carbocycles. The molecule has 5 rings (SSSR count). The van der Waals surface area contributed by atoms with E-state index in [4.69, 9.17) is 9.97 Å². The first-order valence-electron chi connectivity index (χ1n) is 13.0. The molecule has 8 nitrogen and oxygen atoms in total. The molecule has 2 N–H and O–H groups in total. The van der Waals surface area contributed by atoms with Gasteiger partial charge in [0.05, 0.1) is 29.1 Å². The molecule has 0 aliphatic carbocycles. The number of allylic oxidation sites excluding steroid dienone is 1. The normalized spacial score (nSPS) is 18.7. The quantitative estimate of drug-likeness (QED) is 0.319. The summed E-state index contributed by atoms with van der Waals surface area (Å²) < 4.78 is 2.23. The van der Waals surface area contributed by atoms with E-state index in [1.54, 1.807) is 13.1 Å². The highest BCUT2D eigenvalue weighted by atomic mass is 32.2. The number of pyridine rings is 1. The number of amides is 2. The highest BCUT2D eigenvalue weighted by Crippen LogP contribution is 2.38. The number of aliphatic hydroxyl groups excluding tert-OH is 1. The average Bonchev–Trinajstić information content (AvgIpc) is 3.37. The Morgan fingerprint density at radius 3 is 2.82 bits per heavy atom. The van der Waals surface area contributed by atoms with Crippen LogP contribution in [0.4, 0.5) is 9.93 Å². The van der Waals surface area contributed by atoms with Crippen LogP contribution < -0.4 is 5.32 Å². The maximum atomic E-state index is 12.5. The number of thiazole rings is 1. The summed E-state index contributed by atoms with van der Waals surface area (Å²) in [6.45, 7) is 15.2. The fourth-order valence-corrected chi connectivity index (χ4v) is 6.72. The summed E-state index contributed by atoms with van der Waals surface area (Å²) in [6.07, 6.45) is 4.99. The van der Waals surface area contributed by atoms with Crippen molar-refractivity contribution in [3.05, 3.63) is 59.8 Å². The number of rotatable bonds is 7. The van der Waals surface area contributed by atoms with Gasteiger partial charge in [-0.3, -0.25) is 20.2 Å². The Morgan fingerprint density at radius 1 is 1.31 bits per heavy atom. The number of hydrogen-bond acceptors (Lipinski definition) is 8. The Balaban J connectivity index is 1.59. The Kier molecular flexibility index (Phi) is 8.37. The minimum Gasteiger partial charge on any atom is -0.391 e. The molecule has 39 heavy (non-hydrogen) atoms. The van der Waals surface area contributed by atoms with Gasteiger partial charge in [-0.1, -0.05) is 22.9 Å². The second kappa shape index (κ2) is 11.9. The molecule has 2 atom stereocenters. The number of carbonyl (C=O) groups is 1. The van der Waals surface area contributed by atoms with Gasteiger partial charge in [-0.25, -0.2) is 4.79 Å². The van der Waals surface area contributed by atoms with Crippen molar-refractivity contribution >= 4 is 63.0 Å². The van der Waals surface area contributed by atoms with E-state index in [-0.39, 0.29) is 12.1 Å². The third-order valence-electron chi connectivity index (χ3n) is 6.78. The number of carbonyl (C=O) groups excluding carboxylic acids is 1. The maximum absolute atomic E-state index is 12.5. The molecule has 0 bridgehead atoms. The van der Waals surface area contributed by atoms with Gasteiger partial charge in [0.2, 0.25) is 0 Å². The first-order chi connectivity index (χ1) is 18.8. The van der Waals surface area contributed by atoms with Crippen molar-refractivity contribution in [2.45, 2.75) is 32.5 Å². The highest BCUT2D eigenvalue weighted by molar-refractivity contribution is 7.99. The van der Waals surface area contributed by atoms with Gasteiger partial charge in [0.15, 0.2) is 5.52 Å². The van der Waals surface area contributed by atoms with Crippen molar-refractivity contribution in [3.8, 4) is 11.3 Å². The fourth-order valence-electron chi connectivity index (χ4n) is 4.74.